The Balaban J connectivity index is 1.63. The van der Waals surface area contributed by atoms with Gasteiger partial charge in [0.15, 0.2) is 5.16 Å². The van der Waals surface area contributed by atoms with Crippen LogP contribution >= 0.6 is 11.8 Å². The first-order chi connectivity index (χ1) is 13.0. The first-order valence-electron chi connectivity index (χ1n) is 8.64. The summed E-state index contributed by atoms with van der Waals surface area (Å²) in [5.41, 5.74) is 5.24. The van der Waals surface area contributed by atoms with Gasteiger partial charge in [0, 0.05) is 18.3 Å². The summed E-state index contributed by atoms with van der Waals surface area (Å²) in [5.74, 6) is 1.08. The molecule has 3 aromatic rings. The van der Waals surface area contributed by atoms with Crippen molar-refractivity contribution in [1.82, 2.24) is 9.55 Å². The van der Waals surface area contributed by atoms with Gasteiger partial charge in [-0.2, -0.15) is 0 Å². The molecule has 6 heteroatoms. The van der Waals surface area contributed by atoms with E-state index < -0.39 is 0 Å². The Bertz CT molecular complexity index is 949. The van der Waals surface area contributed by atoms with Crippen LogP contribution in [0.5, 0.6) is 5.75 Å². The number of nitrogens with one attached hydrogen (secondary N) is 1. The van der Waals surface area contributed by atoms with E-state index in [1.165, 1.54) is 17.3 Å². The van der Waals surface area contributed by atoms with E-state index in [0.717, 1.165) is 33.4 Å². The molecule has 1 aromatic heterocycles. The Morgan fingerprint density at radius 3 is 2.56 bits per heavy atom. The lowest BCUT2D eigenvalue weighted by Crippen LogP contribution is -2.14. The molecule has 0 radical (unpaired) electrons. The van der Waals surface area contributed by atoms with E-state index in [1.807, 2.05) is 67.2 Å². The maximum atomic E-state index is 12.3. The Labute approximate surface area is 163 Å². The van der Waals surface area contributed by atoms with E-state index >= 15 is 0 Å². The van der Waals surface area contributed by atoms with Gasteiger partial charge in [-0.1, -0.05) is 17.8 Å². The summed E-state index contributed by atoms with van der Waals surface area (Å²) in [6.45, 7) is 4.09. The van der Waals surface area contributed by atoms with E-state index in [2.05, 4.69) is 17.2 Å². The number of hydrogen-bond donors (Lipinski definition) is 1. The predicted molar refractivity (Wildman–Crippen MR) is 110 cm³/mol. The summed E-state index contributed by atoms with van der Waals surface area (Å²) >= 11 is 1.42. The average Bonchev–Trinajstić information content (AvgIpc) is 3.03. The summed E-state index contributed by atoms with van der Waals surface area (Å²) in [6, 6.07) is 13.8. The number of imidazole rings is 1. The third-order valence-corrected chi connectivity index (χ3v) is 5.50. The first kappa shape index (κ1) is 19.0. The van der Waals surface area contributed by atoms with E-state index in [4.69, 9.17) is 4.74 Å². The number of thioether (sulfide) groups is 1. The monoisotopic (exact) mass is 381 g/mol. The van der Waals surface area contributed by atoms with Gasteiger partial charge in [0.25, 0.3) is 0 Å². The van der Waals surface area contributed by atoms with Gasteiger partial charge >= 0.3 is 0 Å². The maximum absolute atomic E-state index is 12.3. The van der Waals surface area contributed by atoms with Crippen LogP contribution in [0.1, 0.15) is 11.1 Å². The largest absolute Gasteiger partial charge is 0.497 e. The Kier molecular flexibility index (Phi) is 5.86. The molecule has 1 heterocycles. The van der Waals surface area contributed by atoms with Crippen LogP contribution in [-0.4, -0.2) is 28.3 Å². The minimum Gasteiger partial charge on any atom is -0.497 e. The summed E-state index contributed by atoms with van der Waals surface area (Å²) in [4.78, 5) is 16.7. The predicted octanol–water partition coefficient (Wildman–Crippen LogP) is 4.44. The van der Waals surface area contributed by atoms with Gasteiger partial charge in [0.05, 0.1) is 24.8 Å². The van der Waals surface area contributed by atoms with Crippen LogP contribution in [0, 0.1) is 13.8 Å². The molecule has 0 bridgehead atoms. The zero-order valence-corrected chi connectivity index (χ0v) is 16.8. The summed E-state index contributed by atoms with van der Waals surface area (Å²) in [5, 5.41) is 3.74. The summed E-state index contributed by atoms with van der Waals surface area (Å²) in [6.07, 6.45) is 1.82. The number of amides is 1. The van der Waals surface area contributed by atoms with Gasteiger partial charge in [-0.25, -0.2) is 4.98 Å². The van der Waals surface area contributed by atoms with Crippen LogP contribution in [-0.2, 0) is 11.8 Å². The highest BCUT2D eigenvalue weighted by Gasteiger charge is 2.12. The molecule has 0 aliphatic carbocycles. The number of rotatable bonds is 6. The molecule has 0 aliphatic heterocycles. The van der Waals surface area contributed by atoms with Gasteiger partial charge in [-0.3, -0.25) is 4.79 Å². The van der Waals surface area contributed by atoms with Crippen LogP contribution < -0.4 is 10.1 Å². The van der Waals surface area contributed by atoms with Gasteiger partial charge in [0.1, 0.15) is 5.75 Å². The normalized spacial score (nSPS) is 10.7. The molecular weight excluding hydrogens is 358 g/mol. The second-order valence-corrected chi connectivity index (χ2v) is 7.29. The average molecular weight is 382 g/mol. The van der Waals surface area contributed by atoms with Gasteiger partial charge < -0.3 is 14.6 Å². The Hall–Kier alpha value is -2.73. The van der Waals surface area contributed by atoms with Crippen molar-refractivity contribution in [3.63, 3.8) is 0 Å². The number of benzene rings is 2. The molecule has 0 fully saturated rings. The van der Waals surface area contributed by atoms with Gasteiger partial charge in [-0.15, -0.1) is 0 Å². The van der Waals surface area contributed by atoms with E-state index in [-0.39, 0.29) is 5.91 Å². The standard InChI is InChI=1S/C21H23N3O2S/c1-14-5-8-17(11-15(14)2)23-20(25)13-27-21-22-12-19(24(21)3)16-6-9-18(26-4)10-7-16/h5-12H,13H2,1-4H3,(H,23,25). The maximum Gasteiger partial charge on any atom is 0.234 e. The molecule has 0 saturated heterocycles. The van der Waals surface area contributed by atoms with Crippen molar-refractivity contribution < 1.29 is 9.53 Å². The molecule has 140 valence electrons. The lowest BCUT2D eigenvalue weighted by molar-refractivity contribution is -0.113. The third-order valence-electron chi connectivity index (χ3n) is 4.45. The molecule has 0 atom stereocenters. The van der Waals surface area contributed by atoms with Crippen LogP contribution in [0.2, 0.25) is 0 Å². The number of anilines is 1. The summed E-state index contributed by atoms with van der Waals surface area (Å²) < 4.78 is 7.19. The van der Waals surface area contributed by atoms with Crippen LogP contribution in [0.15, 0.2) is 53.8 Å². The second-order valence-electron chi connectivity index (χ2n) is 6.35. The summed E-state index contributed by atoms with van der Waals surface area (Å²) in [7, 11) is 3.60. The zero-order chi connectivity index (χ0) is 19.4. The van der Waals surface area contributed by atoms with E-state index in [0.29, 0.717) is 5.75 Å². The van der Waals surface area contributed by atoms with Crippen LogP contribution in [0.25, 0.3) is 11.3 Å². The zero-order valence-electron chi connectivity index (χ0n) is 15.9. The first-order valence-corrected chi connectivity index (χ1v) is 9.62. The molecule has 3 rings (SSSR count). The van der Waals surface area contributed by atoms with Crippen molar-refractivity contribution >= 4 is 23.4 Å². The van der Waals surface area contributed by atoms with Crippen molar-refractivity contribution in [3.8, 4) is 17.0 Å². The van der Waals surface area contributed by atoms with Crippen molar-refractivity contribution in [2.24, 2.45) is 7.05 Å². The highest BCUT2D eigenvalue weighted by atomic mass is 32.2. The van der Waals surface area contributed by atoms with Crippen molar-refractivity contribution in [2.45, 2.75) is 19.0 Å². The highest BCUT2D eigenvalue weighted by Crippen LogP contribution is 2.26. The Morgan fingerprint density at radius 1 is 1.15 bits per heavy atom. The lowest BCUT2D eigenvalue weighted by Gasteiger charge is -2.08. The van der Waals surface area contributed by atoms with E-state index in [9.17, 15) is 4.79 Å². The smallest absolute Gasteiger partial charge is 0.234 e. The number of carbonyl (C=O) groups is 1. The van der Waals surface area contributed by atoms with Gasteiger partial charge in [0.2, 0.25) is 5.91 Å². The number of carbonyl (C=O) groups excluding carboxylic acids is 1. The van der Waals surface area contributed by atoms with Crippen LogP contribution in [0.3, 0.4) is 0 Å². The number of nitrogens with zero attached hydrogens (tertiary/aromatic N) is 2. The molecule has 2 aromatic carbocycles. The molecule has 0 unspecified atom stereocenters. The topological polar surface area (TPSA) is 56.1 Å². The second kappa shape index (κ2) is 8.31. The van der Waals surface area contributed by atoms with Crippen molar-refractivity contribution in [1.29, 1.82) is 0 Å². The number of ether oxygens (including phenoxy) is 1. The number of methoxy groups -OCH3 is 1. The fourth-order valence-electron chi connectivity index (χ4n) is 2.70. The fourth-order valence-corrected chi connectivity index (χ4v) is 3.45. The molecule has 1 amide bonds. The number of aryl methyl sites for hydroxylation is 2. The number of aromatic nitrogens is 2. The molecule has 1 N–H and O–H groups in total. The molecule has 0 aliphatic rings. The Morgan fingerprint density at radius 2 is 1.89 bits per heavy atom. The minimum atomic E-state index is -0.0442. The van der Waals surface area contributed by atoms with Crippen molar-refractivity contribution in [2.75, 3.05) is 18.2 Å². The van der Waals surface area contributed by atoms with E-state index in [1.54, 1.807) is 7.11 Å². The van der Waals surface area contributed by atoms with Crippen molar-refractivity contribution in [3.05, 3.63) is 59.8 Å². The lowest BCUT2D eigenvalue weighted by atomic mass is 10.1. The molecule has 5 nitrogen and oxygen atoms in total. The SMILES string of the molecule is COc1ccc(-c2cnc(SCC(=O)Nc3ccc(C)c(C)c3)n2C)cc1. The van der Waals surface area contributed by atoms with Gasteiger partial charge in [-0.05, 0) is 61.4 Å². The third kappa shape index (κ3) is 4.52. The molecule has 27 heavy (non-hydrogen) atoms. The highest BCUT2D eigenvalue weighted by molar-refractivity contribution is 7.99. The minimum absolute atomic E-state index is 0.0442. The fraction of sp³-hybridized carbons (Fsp3) is 0.238. The molecular formula is C21H23N3O2S. The number of hydrogen-bond acceptors (Lipinski definition) is 4. The molecule has 0 saturated carbocycles. The quantitative estimate of drug-likeness (QED) is 0.641. The van der Waals surface area contributed by atoms with Crippen LogP contribution in [0.4, 0.5) is 5.69 Å². The molecule has 0 spiro atoms.